The van der Waals surface area contributed by atoms with Crippen molar-refractivity contribution in [1.29, 1.82) is 0 Å². The maximum absolute atomic E-state index is 13.3. The van der Waals surface area contributed by atoms with Gasteiger partial charge in [0.1, 0.15) is 0 Å². The molecule has 32 heavy (non-hydrogen) atoms. The Balaban J connectivity index is 2.86. The first-order chi connectivity index (χ1) is 14.7. The van der Waals surface area contributed by atoms with E-state index in [1.54, 1.807) is 0 Å². The lowest BCUT2D eigenvalue weighted by molar-refractivity contribution is 0.419. The van der Waals surface area contributed by atoms with E-state index in [2.05, 4.69) is 41.5 Å². The van der Waals surface area contributed by atoms with E-state index in [4.69, 9.17) is 4.43 Å². The monoisotopic (exact) mass is 482 g/mol. The van der Waals surface area contributed by atoms with Gasteiger partial charge in [-0.25, -0.2) is 9.36 Å². The van der Waals surface area contributed by atoms with Gasteiger partial charge in [0, 0.05) is 13.5 Å². The van der Waals surface area contributed by atoms with E-state index in [9.17, 15) is 22.6 Å². The van der Waals surface area contributed by atoms with Crippen LogP contribution in [0.3, 0.4) is 0 Å². The zero-order chi connectivity index (χ0) is 24.4. The third-order valence-corrected chi connectivity index (χ3v) is 12.6. The fraction of sp³-hybridized carbons (Fsp3) is 0.545. The first kappa shape index (κ1) is 26.1. The minimum atomic E-state index is -4.60. The highest BCUT2D eigenvalue weighted by Crippen LogP contribution is 2.43. The molecule has 0 unspecified atom stereocenters. The number of benzene rings is 1. The average Bonchev–Trinajstić information content (AvgIpc) is 2.68. The van der Waals surface area contributed by atoms with Crippen molar-refractivity contribution in [3.8, 4) is 5.88 Å². The van der Waals surface area contributed by atoms with Gasteiger partial charge in [0.05, 0.1) is 5.56 Å². The second kappa shape index (κ2) is 9.76. The van der Waals surface area contributed by atoms with Crippen molar-refractivity contribution in [1.82, 2.24) is 9.13 Å². The lowest BCUT2D eigenvalue weighted by Gasteiger charge is -2.42. The van der Waals surface area contributed by atoms with Gasteiger partial charge >= 0.3 is 5.69 Å². The standard InChI is InChI=1S/C22H34N2O6SSi/c1-15(2)32(16(3)4,17(5)6)30-21-19(13-18-11-9-8-10-12-18)20(25)24(14-31(27,28)29)22(26)23(21)7/h8-12,15-17H,13-14H2,1-7H3,(H,27,28,29). The van der Waals surface area contributed by atoms with Gasteiger partial charge in [-0.3, -0.25) is 13.9 Å². The number of hydrogen-bond donors (Lipinski definition) is 1. The molecule has 0 spiro atoms. The van der Waals surface area contributed by atoms with Gasteiger partial charge in [0.25, 0.3) is 24.0 Å². The molecule has 0 atom stereocenters. The van der Waals surface area contributed by atoms with Crippen LogP contribution in [0.5, 0.6) is 5.88 Å². The number of nitrogens with zero attached hydrogens (tertiary/aromatic N) is 2. The van der Waals surface area contributed by atoms with E-state index < -0.39 is 35.6 Å². The van der Waals surface area contributed by atoms with Crippen molar-refractivity contribution < 1.29 is 17.4 Å². The Kier molecular flexibility index (Phi) is 7.95. The molecule has 1 aromatic carbocycles. The molecule has 0 amide bonds. The number of hydrogen-bond acceptors (Lipinski definition) is 5. The Morgan fingerprint density at radius 2 is 1.47 bits per heavy atom. The largest absolute Gasteiger partial charge is 0.531 e. The summed E-state index contributed by atoms with van der Waals surface area (Å²) in [5, 5.41) is 0. The normalized spacial score (nSPS) is 12.7. The molecule has 1 heterocycles. The summed E-state index contributed by atoms with van der Waals surface area (Å²) in [5.74, 6) is -0.931. The molecule has 2 aromatic rings. The Bertz CT molecular complexity index is 1150. The molecule has 0 fully saturated rings. The SMILES string of the molecule is CC(C)[Si](Oc1c(Cc2ccccc2)c(=O)n(CS(=O)(=O)O)c(=O)n1C)(C(C)C)C(C)C. The van der Waals surface area contributed by atoms with Crippen molar-refractivity contribution in [3.05, 3.63) is 62.3 Å². The summed E-state index contributed by atoms with van der Waals surface area (Å²) in [6.07, 6.45) is 0.160. The smallest absolute Gasteiger partial charge is 0.334 e. The zero-order valence-corrected chi connectivity index (χ0v) is 21.6. The molecule has 10 heteroatoms. The van der Waals surface area contributed by atoms with Crippen molar-refractivity contribution in [2.45, 2.75) is 70.5 Å². The molecule has 2 rings (SSSR count). The highest BCUT2D eigenvalue weighted by atomic mass is 32.2. The van der Waals surface area contributed by atoms with Gasteiger partial charge in [0.2, 0.25) is 0 Å². The molecule has 0 aliphatic carbocycles. The molecule has 0 radical (unpaired) electrons. The summed E-state index contributed by atoms with van der Waals surface area (Å²) in [5.41, 5.74) is -0.0205. The van der Waals surface area contributed by atoms with Crippen LogP contribution in [0.25, 0.3) is 0 Å². The van der Waals surface area contributed by atoms with Crippen LogP contribution in [-0.2, 0) is 29.5 Å². The van der Waals surface area contributed by atoms with Crippen LogP contribution in [0.4, 0.5) is 0 Å². The molecule has 178 valence electrons. The quantitative estimate of drug-likeness (QED) is 0.433. The van der Waals surface area contributed by atoms with E-state index in [-0.39, 0.29) is 34.5 Å². The molecule has 8 nitrogen and oxygen atoms in total. The predicted octanol–water partition coefficient (Wildman–Crippen LogP) is 3.54. The van der Waals surface area contributed by atoms with E-state index in [1.807, 2.05) is 30.3 Å². The van der Waals surface area contributed by atoms with E-state index in [0.717, 1.165) is 5.56 Å². The molecule has 1 N–H and O–H groups in total. The van der Waals surface area contributed by atoms with Gasteiger partial charge in [-0.2, -0.15) is 8.42 Å². The summed E-state index contributed by atoms with van der Waals surface area (Å²) >= 11 is 0. The third-order valence-electron chi connectivity index (χ3n) is 6.08. The first-order valence-corrected chi connectivity index (χ1v) is 14.5. The van der Waals surface area contributed by atoms with Crippen LogP contribution in [0.1, 0.15) is 52.7 Å². The van der Waals surface area contributed by atoms with Crippen molar-refractivity contribution in [2.75, 3.05) is 0 Å². The summed E-state index contributed by atoms with van der Waals surface area (Å²) in [6, 6.07) is 9.22. The van der Waals surface area contributed by atoms with E-state index >= 15 is 0 Å². The molecule has 0 saturated carbocycles. The van der Waals surface area contributed by atoms with E-state index in [0.29, 0.717) is 4.57 Å². The second-order valence-electron chi connectivity index (χ2n) is 9.15. The minimum Gasteiger partial charge on any atom is -0.531 e. The van der Waals surface area contributed by atoms with Crippen LogP contribution >= 0.6 is 0 Å². The molecule has 0 aliphatic rings. The first-order valence-electron chi connectivity index (χ1n) is 10.7. The van der Waals surface area contributed by atoms with Crippen LogP contribution < -0.4 is 15.7 Å². The van der Waals surface area contributed by atoms with Crippen molar-refractivity contribution in [3.63, 3.8) is 0 Å². The summed E-state index contributed by atoms with van der Waals surface area (Å²) in [4.78, 5) is 26.3. The average molecular weight is 483 g/mol. The maximum Gasteiger partial charge on any atom is 0.334 e. The van der Waals surface area contributed by atoms with Gasteiger partial charge in [-0.05, 0) is 22.2 Å². The number of rotatable bonds is 9. The summed E-state index contributed by atoms with van der Waals surface area (Å²) in [6.45, 7) is 12.6. The van der Waals surface area contributed by atoms with Gasteiger partial charge < -0.3 is 4.43 Å². The number of aromatic nitrogens is 2. The Morgan fingerprint density at radius 1 is 0.969 bits per heavy atom. The topological polar surface area (TPSA) is 108 Å². The van der Waals surface area contributed by atoms with Crippen LogP contribution in [0.15, 0.2) is 39.9 Å². The van der Waals surface area contributed by atoms with Crippen molar-refractivity contribution >= 4 is 18.4 Å². The van der Waals surface area contributed by atoms with Crippen LogP contribution in [0.2, 0.25) is 16.6 Å². The zero-order valence-electron chi connectivity index (χ0n) is 19.8. The van der Waals surface area contributed by atoms with E-state index in [1.165, 1.54) is 11.6 Å². The lowest BCUT2D eigenvalue weighted by Crippen LogP contribution is -2.53. The molecule has 0 aliphatic heterocycles. The molecule has 0 saturated heterocycles. The minimum absolute atomic E-state index is 0.160. The van der Waals surface area contributed by atoms with Crippen molar-refractivity contribution in [2.24, 2.45) is 7.05 Å². The van der Waals surface area contributed by atoms with Gasteiger partial charge in [-0.15, -0.1) is 0 Å². The molecule has 0 bridgehead atoms. The highest BCUT2D eigenvalue weighted by Gasteiger charge is 2.48. The summed E-state index contributed by atoms with van der Waals surface area (Å²) in [7, 11) is -5.67. The summed E-state index contributed by atoms with van der Waals surface area (Å²) < 4.78 is 40.8. The maximum atomic E-state index is 13.3. The molecular formula is C22H34N2O6SSi. The fourth-order valence-electron chi connectivity index (χ4n) is 4.69. The van der Waals surface area contributed by atoms with Crippen LogP contribution in [-0.4, -0.2) is 30.4 Å². The highest BCUT2D eigenvalue weighted by molar-refractivity contribution is 7.84. The van der Waals surface area contributed by atoms with Gasteiger partial charge in [0.15, 0.2) is 11.8 Å². The fourth-order valence-corrected chi connectivity index (χ4v) is 10.5. The third kappa shape index (κ3) is 5.24. The Labute approximate surface area is 190 Å². The van der Waals surface area contributed by atoms with Crippen LogP contribution in [0, 0.1) is 0 Å². The van der Waals surface area contributed by atoms with Gasteiger partial charge in [-0.1, -0.05) is 71.9 Å². The molecular weight excluding hydrogens is 448 g/mol. The lowest BCUT2D eigenvalue weighted by atomic mass is 10.1. The second-order valence-corrected chi connectivity index (χ2v) is 15.9. The molecule has 1 aromatic heterocycles. The Hall–Kier alpha value is -2.17. The Morgan fingerprint density at radius 3 is 1.91 bits per heavy atom. The predicted molar refractivity (Wildman–Crippen MR) is 128 cm³/mol.